The van der Waals surface area contributed by atoms with E-state index in [1.807, 2.05) is 6.92 Å². The normalized spacial score (nSPS) is 27.1. The molecule has 18 heavy (non-hydrogen) atoms. The molecule has 1 heterocycles. The predicted octanol–water partition coefficient (Wildman–Crippen LogP) is 2.76. The number of nitrogens with zero attached hydrogens (tertiary/aromatic N) is 1. The third-order valence-electron chi connectivity index (χ3n) is 4.23. The largest absolute Gasteiger partial charge is 0.393 e. The Morgan fingerprint density at radius 3 is 2.61 bits per heavy atom. The van der Waals surface area contributed by atoms with Crippen LogP contribution in [0, 0.1) is 0 Å². The second-order valence-corrected chi connectivity index (χ2v) is 5.69. The minimum Gasteiger partial charge on any atom is -0.393 e. The summed E-state index contributed by atoms with van der Waals surface area (Å²) in [6.45, 7) is 4.08. The summed E-state index contributed by atoms with van der Waals surface area (Å²) in [4.78, 5) is 14.1. The first-order valence-electron chi connectivity index (χ1n) is 7.50. The van der Waals surface area contributed by atoms with Crippen molar-refractivity contribution in [2.45, 2.75) is 83.4 Å². The van der Waals surface area contributed by atoms with Gasteiger partial charge in [0.1, 0.15) is 5.78 Å². The van der Waals surface area contributed by atoms with E-state index in [0.29, 0.717) is 30.7 Å². The first-order chi connectivity index (χ1) is 8.58. The smallest absolute Gasteiger partial charge is 0.134 e. The average molecular weight is 255 g/mol. The van der Waals surface area contributed by atoms with Crippen molar-refractivity contribution in [2.24, 2.45) is 0 Å². The highest BCUT2D eigenvalue weighted by atomic mass is 16.3. The molecule has 0 aromatic rings. The highest BCUT2D eigenvalue weighted by Crippen LogP contribution is 2.27. The van der Waals surface area contributed by atoms with Crippen molar-refractivity contribution in [2.75, 3.05) is 7.05 Å². The van der Waals surface area contributed by atoms with E-state index in [0.717, 1.165) is 32.1 Å². The molecular weight excluding hydrogens is 226 g/mol. The lowest BCUT2D eigenvalue weighted by Crippen LogP contribution is -2.46. The van der Waals surface area contributed by atoms with Gasteiger partial charge in [0, 0.05) is 24.9 Å². The molecule has 1 rings (SSSR count). The van der Waals surface area contributed by atoms with E-state index in [2.05, 4.69) is 18.9 Å². The van der Waals surface area contributed by atoms with Gasteiger partial charge in [0.25, 0.3) is 0 Å². The monoisotopic (exact) mass is 255 g/mol. The van der Waals surface area contributed by atoms with Crippen LogP contribution in [0.1, 0.15) is 65.2 Å². The topological polar surface area (TPSA) is 40.5 Å². The number of hydrogen-bond donors (Lipinski definition) is 1. The maximum Gasteiger partial charge on any atom is 0.134 e. The number of aliphatic hydroxyl groups is 1. The molecule has 3 atom stereocenters. The van der Waals surface area contributed by atoms with Crippen LogP contribution in [-0.4, -0.2) is 41.0 Å². The van der Waals surface area contributed by atoms with Crippen molar-refractivity contribution < 1.29 is 9.90 Å². The van der Waals surface area contributed by atoms with Crippen molar-refractivity contribution in [1.29, 1.82) is 0 Å². The number of aliphatic hydroxyl groups excluding tert-OH is 1. The van der Waals surface area contributed by atoms with Crippen LogP contribution >= 0.6 is 0 Å². The first-order valence-corrected chi connectivity index (χ1v) is 7.50. The predicted molar refractivity (Wildman–Crippen MR) is 74.6 cm³/mol. The van der Waals surface area contributed by atoms with Crippen LogP contribution in [0.3, 0.4) is 0 Å². The molecule has 0 spiro atoms. The molecule has 1 fully saturated rings. The Kier molecular flexibility index (Phi) is 6.87. The van der Waals surface area contributed by atoms with Crippen LogP contribution < -0.4 is 0 Å². The fourth-order valence-corrected chi connectivity index (χ4v) is 2.95. The summed E-state index contributed by atoms with van der Waals surface area (Å²) >= 11 is 0. The van der Waals surface area contributed by atoms with Gasteiger partial charge in [-0.25, -0.2) is 0 Å². The van der Waals surface area contributed by atoms with Gasteiger partial charge in [-0.15, -0.1) is 0 Å². The molecule has 0 aromatic heterocycles. The number of likely N-dealkylation sites (tertiary alicyclic amines) is 1. The van der Waals surface area contributed by atoms with Crippen molar-refractivity contribution in [1.82, 2.24) is 4.90 Å². The summed E-state index contributed by atoms with van der Waals surface area (Å²) in [6.07, 6.45) is 7.33. The number of carbonyl (C=O) groups excluding carboxylic acids is 1. The molecule has 1 saturated heterocycles. The molecule has 1 aliphatic heterocycles. The lowest BCUT2D eigenvalue weighted by Gasteiger charge is -2.40. The summed E-state index contributed by atoms with van der Waals surface area (Å²) < 4.78 is 0. The maximum absolute atomic E-state index is 11.8. The van der Waals surface area contributed by atoms with Gasteiger partial charge in [0.15, 0.2) is 0 Å². The number of piperidine rings is 1. The molecule has 106 valence electrons. The van der Waals surface area contributed by atoms with Gasteiger partial charge in [0.2, 0.25) is 0 Å². The van der Waals surface area contributed by atoms with Crippen molar-refractivity contribution >= 4 is 5.78 Å². The Hall–Kier alpha value is -0.410. The Labute approximate surface area is 112 Å². The van der Waals surface area contributed by atoms with Crippen LogP contribution in [0.15, 0.2) is 0 Å². The van der Waals surface area contributed by atoms with Gasteiger partial charge >= 0.3 is 0 Å². The first kappa shape index (κ1) is 15.6. The molecule has 0 bridgehead atoms. The molecule has 3 nitrogen and oxygen atoms in total. The van der Waals surface area contributed by atoms with Crippen molar-refractivity contribution in [3.8, 4) is 0 Å². The van der Waals surface area contributed by atoms with E-state index in [-0.39, 0.29) is 6.10 Å². The fourth-order valence-electron chi connectivity index (χ4n) is 2.95. The van der Waals surface area contributed by atoms with Gasteiger partial charge in [-0.1, -0.05) is 20.3 Å². The summed E-state index contributed by atoms with van der Waals surface area (Å²) in [7, 11) is 2.12. The number of hydrogen-bond acceptors (Lipinski definition) is 3. The van der Waals surface area contributed by atoms with Crippen molar-refractivity contribution in [3.63, 3.8) is 0 Å². The highest BCUT2D eigenvalue weighted by molar-refractivity contribution is 5.78. The van der Waals surface area contributed by atoms with Crippen LogP contribution in [0.4, 0.5) is 0 Å². The van der Waals surface area contributed by atoms with Crippen LogP contribution in [0.25, 0.3) is 0 Å². The molecular formula is C15H29NO2. The zero-order valence-electron chi connectivity index (χ0n) is 12.2. The lowest BCUT2D eigenvalue weighted by atomic mass is 9.89. The van der Waals surface area contributed by atoms with E-state index in [9.17, 15) is 9.90 Å². The molecule has 2 unspecified atom stereocenters. The van der Waals surface area contributed by atoms with E-state index >= 15 is 0 Å². The molecule has 0 amide bonds. The van der Waals surface area contributed by atoms with E-state index < -0.39 is 0 Å². The molecule has 0 saturated carbocycles. The van der Waals surface area contributed by atoms with Gasteiger partial charge in [0.05, 0.1) is 6.10 Å². The summed E-state index contributed by atoms with van der Waals surface area (Å²) in [5, 5.41) is 9.79. The quantitative estimate of drug-likeness (QED) is 0.760. The highest BCUT2D eigenvalue weighted by Gasteiger charge is 2.29. The fraction of sp³-hybridized carbons (Fsp3) is 0.933. The summed E-state index contributed by atoms with van der Waals surface area (Å²) in [6, 6.07) is 0.847. The third-order valence-corrected chi connectivity index (χ3v) is 4.23. The second-order valence-electron chi connectivity index (χ2n) is 5.69. The zero-order valence-corrected chi connectivity index (χ0v) is 12.2. The molecule has 1 N–H and O–H groups in total. The van der Waals surface area contributed by atoms with Crippen molar-refractivity contribution in [3.05, 3.63) is 0 Å². The van der Waals surface area contributed by atoms with E-state index in [4.69, 9.17) is 0 Å². The minimum absolute atomic E-state index is 0.192. The number of Topliss-reactive ketones (excluding diaryl/α,β-unsaturated/α-hetero) is 1. The maximum atomic E-state index is 11.8. The van der Waals surface area contributed by atoms with Crippen LogP contribution in [0.5, 0.6) is 0 Å². The second kappa shape index (κ2) is 7.90. The minimum atomic E-state index is -0.192. The number of carbonyl (C=O) groups is 1. The average Bonchev–Trinajstić information content (AvgIpc) is 2.34. The van der Waals surface area contributed by atoms with Gasteiger partial charge in [-0.3, -0.25) is 9.69 Å². The summed E-state index contributed by atoms with van der Waals surface area (Å²) in [5.41, 5.74) is 0. The Balaban J connectivity index is 2.47. The molecule has 1 aliphatic rings. The zero-order chi connectivity index (χ0) is 13.5. The van der Waals surface area contributed by atoms with E-state index in [1.54, 1.807) is 0 Å². The molecule has 0 aromatic carbocycles. The molecule has 0 radical (unpaired) electrons. The van der Waals surface area contributed by atoms with Gasteiger partial charge in [-0.05, 0) is 39.2 Å². The molecule has 0 aliphatic carbocycles. The number of ketones is 1. The molecule has 3 heteroatoms. The Morgan fingerprint density at radius 2 is 2.00 bits per heavy atom. The summed E-state index contributed by atoms with van der Waals surface area (Å²) in [5.74, 6) is 0.394. The van der Waals surface area contributed by atoms with Crippen LogP contribution in [-0.2, 0) is 4.79 Å². The Morgan fingerprint density at radius 1 is 1.33 bits per heavy atom. The van der Waals surface area contributed by atoms with Gasteiger partial charge in [-0.2, -0.15) is 0 Å². The number of rotatable bonds is 7. The lowest BCUT2D eigenvalue weighted by molar-refractivity contribution is -0.120. The van der Waals surface area contributed by atoms with E-state index in [1.165, 1.54) is 6.42 Å². The van der Waals surface area contributed by atoms with Crippen LogP contribution in [0.2, 0.25) is 0 Å². The SMILES string of the molecule is CCCC(=O)CC1CCCC(C[C@@H](O)CC)N1C. The Bertz CT molecular complexity index is 255. The third kappa shape index (κ3) is 4.69. The standard InChI is InChI=1S/C15H29NO2/c1-4-7-15(18)11-13-9-6-8-12(16(13)3)10-14(17)5-2/h12-14,17H,4-11H2,1-3H3/t12?,13?,14-/m0/s1. The van der Waals surface area contributed by atoms with Gasteiger partial charge < -0.3 is 5.11 Å².